The fourth-order valence-electron chi connectivity index (χ4n) is 7.67. The summed E-state index contributed by atoms with van der Waals surface area (Å²) in [5, 5.41) is 23.7. The van der Waals surface area contributed by atoms with Crippen molar-refractivity contribution in [3.63, 3.8) is 0 Å². The van der Waals surface area contributed by atoms with Crippen LogP contribution in [0.4, 0.5) is 49.0 Å². The predicted octanol–water partition coefficient (Wildman–Crippen LogP) is 10.6. The number of hydrogen-bond acceptors (Lipinski definition) is 16. The molecule has 2 aromatic carbocycles. The van der Waals surface area contributed by atoms with Gasteiger partial charge < -0.3 is 40.7 Å². The van der Waals surface area contributed by atoms with Crippen LogP contribution >= 0.6 is 22.7 Å². The van der Waals surface area contributed by atoms with Crippen LogP contribution < -0.4 is 30.7 Å². The van der Waals surface area contributed by atoms with Crippen LogP contribution in [-0.2, 0) is 4.79 Å². The molecule has 0 radical (unpaired) electrons. The van der Waals surface area contributed by atoms with E-state index < -0.39 is 12.2 Å². The van der Waals surface area contributed by atoms with Crippen molar-refractivity contribution in [2.45, 2.75) is 39.5 Å². The maximum Gasteiger partial charge on any atom is 0.295 e. The first kappa shape index (κ1) is 42.8. The van der Waals surface area contributed by atoms with Gasteiger partial charge in [-0.15, -0.1) is 22.7 Å². The van der Waals surface area contributed by atoms with Gasteiger partial charge in [-0.3, -0.25) is 4.79 Å². The van der Waals surface area contributed by atoms with E-state index in [2.05, 4.69) is 58.1 Å². The molecular weight excluding hydrogens is 899 g/mol. The number of thiazole rings is 2. The smallest absolute Gasteiger partial charge is 0.295 e. The summed E-state index contributed by atoms with van der Waals surface area (Å²) in [4.78, 5) is 53.3. The Morgan fingerprint density at radius 1 is 0.791 bits per heavy atom. The lowest BCUT2D eigenvalue weighted by Crippen LogP contribution is -2.15. The number of imidazole rings is 2. The van der Waals surface area contributed by atoms with Gasteiger partial charge in [-0.1, -0.05) is 12.1 Å². The number of halogens is 2. The number of fused-ring (bicyclic) bond motifs is 2. The lowest BCUT2D eigenvalue weighted by Gasteiger charge is -2.15. The first-order valence-corrected chi connectivity index (χ1v) is 22.4. The summed E-state index contributed by atoms with van der Waals surface area (Å²) in [6.07, 6.45) is -0.464. The van der Waals surface area contributed by atoms with Crippen molar-refractivity contribution in [3.05, 3.63) is 106 Å². The zero-order valence-corrected chi connectivity index (χ0v) is 37.9. The predicted molar refractivity (Wildman–Crippen MR) is 253 cm³/mol. The molecule has 1 aliphatic carbocycles. The Labute approximate surface area is 388 Å². The zero-order chi connectivity index (χ0) is 46.5. The molecule has 0 bridgehead atoms. The number of carbonyl (C=O) groups is 1. The average molecular weight is 937 g/mol. The van der Waals surface area contributed by atoms with Crippen molar-refractivity contribution < 1.29 is 23.0 Å². The molecule has 1 saturated carbocycles. The third-order valence-corrected chi connectivity index (χ3v) is 13.4. The van der Waals surface area contributed by atoms with E-state index in [1.54, 1.807) is 61.0 Å². The van der Waals surface area contributed by atoms with Crippen molar-refractivity contribution in [1.82, 2.24) is 44.9 Å². The number of para-hydroxylation sites is 1. The van der Waals surface area contributed by atoms with Crippen LogP contribution in [0.15, 0.2) is 72.9 Å². The van der Waals surface area contributed by atoms with E-state index in [-0.39, 0.29) is 40.4 Å². The highest BCUT2D eigenvalue weighted by atomic mass is 32.1. The molecule has 67 heavy (non-hydrogen) atoms. The first-order valence-electron chi connectivity index (χ1n) is 20.8. The molecule has 0 spiro atoms. The average Bonchev–Trinajstić information content (AvgIpc) is 3.63. The van der Waals surface area contributed by atoms with Crippen LogP contribution in [0.3, 0.4) is 0 Å². The number of nitrogens with zero attached hydrogens (tertiary/aromatic N) is 8. The van der Waals surface area contributed by atoms with Gasteiger partial charge in [0.2, 0.25) is 5.91 Å². The van der Waals surface area contributed by atoms with Crippen LogP contribution in [0.1, 0.15) is 51.6 Å². The van der Waals surface area contributed by atoms with Crippen molar-refractivity contribution in [2.24, 2.45) is 5.92 Å². The summed E-state index contributed by atoms with van der Waals surface area (Å²) >= 11 is 3.08. The molecule has 1 amide bonds. The second-order valence-electron chi connectivity index (χ2n) is 15.6. The molecule has 6 N–H and O–H groups in total. The Hall–Kier alpha value is -8.09. The number of methoxy groups -OCH3 is 2. The molecule has 17 nitrogen and oxygen atoms in total. The summed E-state index contributed by atoms with van der Waals surface area (Å²) in [7, 11) is 3.14. The second kappa shape index (κ2) is 17.4. The lowest BCUT2D eigenvalue weighted by atomic mass is 10.1. The number of H-pyrrole nitrogens is 2. The Bertz CT molecular complexity index is 3410. The quantitative estimate of drug-likeness (QED) is 0.0596. The normalized spacial score (nSPS) is 14.3. The third kappa shape index (κ3) is 8.50. The van der Waals surface area contributed by atoms with Crippen LogP contribution in [0.25, 0.3) is 43.5 Å². The number of nitriles is 1. The van der Waals surface area contributed by atoms with Crippen LogP contribution in [0.5, 0.6) is 11.5 Å². The standard InChI is InChI=1S/C46H38F2N14O3S2/c1-20-21(2)66-45(51-20)23-12-13-28(32(14-23)64-4)55-30-17-36(59-41-37(30)52-22(3)53-41)60-44(63)27-15-26(27)33-19-50-46(67-33)25-9-7-10-29(39(25)65-5)56-31-16-35(57-34-11-6-8-24(18-49)54-34)58-42-38(31)61-43(62-42)40(47)48/h6-14,16-17,19,26-27,40H,15H2,1-5H3,(H3,52,53,55,59,60,63)(H3,54,56,57,58,61,62). The zero-order valence-electron chi connectivity index (χ0n) is 36.2. The summed E-state index contributed by atoms with van der Waals surface area (Å²) in [5.74, 6) is 1.59. The number of benzene rings is 2. The topological polar surface area (TPSA) is 229 Å². The van der Waals surface area contributed by atoms with Crippen LogP contribution in [0.2, 0.25) is 0 Å². The van der Waals surface area contributed by atoms with Crippen molar-refractivity contribution in [2.75, 3.05) is 35.5 Å². The highest BCUT2D eigenvalue weighted by Gasteiger charge is 2.45. The van der Waals surface area contributed by atoms with E-state index >= 15 is 0 Å². The van der Waals surface area contributed by atoms with E-state index in [0.717, 1.165) is 26.0 Å². The van der Waals surface area contributed by atoms with Crippen LogP contribution in [-0.4, -0.2) is 65.0 Å². The number of aryl methyl sites for hydroxylation is 3. The first-order chi connectivity index (χ1) is 32.4. The molecule has 1 fully saturated rings. The number of rotatable bonds is 14. The SMILES string of the molecule is COc1cc(-c2nc(C)c(C)s2)ccc1Nc1cc(NC(=O)C2CC2c2cnc(-c3cccc(Nc4cc(Nc5cccc(C#N)n5)nc5[nH]c(C(F)F)nc45)c3OC)s2)nc2[nH]c(C)nc12. The Kier molecular flexibility index (Phi) is 11.1. The van der Waals surface area contributed by atoms with E-state index in [4.69, 9.17) is 24.4 Å². The number of pyridine rings is 3. The van der Waals surface area contributed by atoms with Gasteiger partial charge in [0.05, 0.1) is 48.2 Å². The fraction of sp³-hybridized carbons (Fsp3) is 0.196. The molecule has 336 valence electrons. The van der Waals surface area contributed by atoms with E-state index in [1.807, 2.05) is 50.2 Å². The number of amides is 1. The molecule has 0 saturated heterocycles. The lowest BCUT2D eigenvalue weighted by molar-refractivity contribution is -0.117. The van der Waals surface area contributed by atoms with Crippen molar-refractivity contribution in [1.29, 1.82) is 5.26 Å². The van der Waals surface area contributed by atoms with Gasteiger partial charge in [0.15, 0.2) is 22.9 Å². The summed E-state index contributed by atoms with van der Waals surface area (Å²) in [5.41, 5.74) is 6.40. The Balaban J connectivity index is 0.868. The molecule has 2 unspecified atom stereocenters. The summed E-state index contributed by atoms with van der Waals surface area (Å²) < 4.78 is 39.4. The van der Waals surface area contributed by atoms with E-state index in [0.29, 0.717) is 79.9 Å². The number of anilines is 7. The van der Waals surface area contributed by atoms with Crippen molar-refractivity contribution in [3.8, 4) is 38.7 Å². The monoisotopic (exact) mass is 936 g/mol. The molecule has 0 aliphatic heterocycles. The Morgan fingerprint density at radius 3 is 2.31 bits per heavy atom. The third-order valence-electron chi connectivity index (χ3n) is 11.1. The molecule has 2 atom stereocenters. The number of aromatic amines is 2. The van der Waals surface area contributed by atoms with E-state index in [9.17, 15) is 18.8 Å². The largest absolute Gasteiger partial charge is 0.495 e. The number of hydrogen-bond donors (Lipinski definition) is 6. The number of ether oxygens (including phenoxy) is 2. The second-order valence-corrected chi connectivity index (χ2v) is 17.9. The number of aromatic nitrogens is 9. The molecule has 7 aromatic heterocycles. The summed E-state index contributed by atoms with van der Waals surface area (Å²) in [6, 6.07) is 21.6. The summed E-state index contributed by atoms with van der Waals surface area (Å²) in [6.45, 7) is 5.89. The Morgan fingerprint density at radius 2 is 1.55 bits per heavy atom. The maximum atomic E-state index is 13.8. The van der Waals surface area contributed by atoms with Crippen LogP contribution in [0, 0.1) is 38.0 Å². The van der Waals surface area contributed by atoms with E-state index in [1.165, 1.54) is 18.4 Å². The molecule has 9 aromatic rings. The van der Waals surface area contributed by atoms with Gasteiger partial charge in [0.25, 0.3) is 6.43 Å². The minimum atomic E-state index is -2.87. The van der Waals surface area contributed by atoms with Gasteiger partial charge in [-0.05, 0) is 69.7 Å². The molecule has 7 heterocycles. The number of nitrogens with one attached hydrogen (secondary N) is 6. The van der Waals surface area contributed by atoms with Gasteiger partial charge in [0.1, 0.15) is 61.8 Å². The van der Waals surface area contributed by atoms with Gasteiger partial charge in [0, 0.05) is 45.5 Å². The van der Waals surface area contributed by atoms with Gasteiger partial charge in [-0.25, -0.2) is 43.7 Å². The molecule has 21 heteroatoms. The highest BCUT2D eigenvalue weighted by molar-refractivity contribution is 7.15. The molecule has 10 rings (SSSR count). The van der Waals surface area contributed by atoms with Gasteiger partial charge in [-0.2, -0.15) is 5.26 Å². The minimum absolute atomic E-state index is 0.0643. The molecular formula is C46H38F2N14O3S2. The molecule has 1 aliphatic rings. The van der Waals surface area contributed by atoms with Gasteiger partial charge >= 0.3 is 0 Å². The highest BCUT2D eigenvalue weighted by Crippen LogP contribution is 2.52. The number of carbonyl (C=O) groups excluding carboxylic acids is 1. The fourth-order valence-corrected chi connectivity index (χ4v) is 9.70. The maximum absolute atomic E-state index is 13.8. The number of alkyl halides is 2. The van der Waals surface area contributed by atoms with Crippen molar-refractivity contribution >= 4 is 91.1 Å². The minimum Gasteiger partial charge on any atom is -0.495 e.